The Balaban J connectivity index is 1.80. The third-order valence-corrected chi connectivity index (χ3v) is 5.60. The lowest BCUT2D eigenvalue weighted by molar-refractivity contribution is -0.384. The SMILES string of the molecule is Cc1nn2ccccc2c1-c1nc(-c2ccccc2[N+](=O)[O-])c(-c2nc[nH]n2)s1. The molecular formula is C19H13N7O2S. The van der Waals surface area contributed by atoms with Gasteiger partial charge in [0, 0.05) is 12.3 Å². The number of rotatable bonds is 4. The van der Waals surface area contributed by atoms with E-state index in [1.165, 1.54) is 23.7 Å². The number of fused-ring (bicyclic) bond motifs is 1. The average Bonchev–Trinajstić information content (AvgIpc) is 3.45. The van der Waals surface area contributed by atoms with Gasteiger partial charge in [0.25, 0.3) is 5.69 Å². The summed E-state index contributed by atoms with van der Waals surface area (Å²) in [5.74, 6) is 0.441. The maximum absolute atomic E-state index is 11.6. The number of aromatic nitrogens is 6. The van der Waals surface area contributed by atoms with Crippen LogP contribution in [0.5, 0.6) is 0 Å². The van der Waals surface area contributed by atoms with E-state index in [2.05, 4.69) is 20.3 Å². The lowest BCUT2D eigenvalue weighted by Gasteiger charge is -2.01. The topological polar surface area (TPSA) is 115 Å². The largest absolute Gasteiger partial charge is 0.278 e. The number of benzene rings is 1. The number of nitro groups is 1. The maximum Gasteiger partial charge on any atom is 0.278 e. The Hall–Kier alpha value is -3.92. The Bertz CT molecular complexity index is 1350. The van der Waals surface area contributed by atoms with Gasteiger partial charge >= 0.3 is 0 Å². The highest BCUT2D eigenvalue weighted by Crippen LogP contribution is 2.43. The number of para-hydroxylation sites is 1. The van der Waals surface area contributed by atoms with Crippen LogP contribution < -0.4 is 0 Å². The number of thiazole rings is 1. The number of nitrogens with zero attached hydrogens (tertiary/aromatic N) is 6. The molecule has 0 aliphatic carbocycles. The second kappa shape index (κ2) is 6.60. The summed E-state index contributed by atoms with van der Waals surface area (Å²) in [5, 5.41) is 23.7. The van der Waals surface area contributed by atoms with Gasteiger partial charge in [0.05, 0.1) is 27.3 Å². The van der Waals surface area contributed by atoms with Gasteiger partial charge in [-0.15, -0.1) is 11.3 Å². The van der Waals surface area contributed by atoms with Gasteiger partial charge in [0.1, 0.15) is 21.9 Å². The van der Waals surface area contributed by atoms with Crippen molar-refractivity contribution in [2.45, 2.75) is 6.92 Å². The minimum atomic E-state index is -0.406. The first-order chi connectivity index (χ1) is 14.1. The van der Waals surface area contributed by atoms with Crippen molar-refractivity contribution >= 4 is 22.5 Å². The lowest BCUT2D eigenvalue weighted by Crippen LogP contribution is -1.93. The maximum atomic E-state index is 11.6. The summed E-state index contributed by atoms with van der Waals surface area (Å²) in [7, 11) is 0. The second-order valence-corrected chi connectivity index (χ2v) is 7.28. The number of pyridine rings is 1. The van der Waals surface area contributed by atoms with Crippen LogP contribution in [0.2, 0.25) is 0 Å². The number of hydrogen-bond acceptors (Lipinski definition) is 7. The van der Waals surface area contributed by atoms with Crippen molar-refractivity contribution in [3.63, 3.8) is 0 Å². The van der Waals surface area contributed by atoms with Crippen molar-refractivity contribution < 1.29 is 4.92 Å². The van der Waals surface area contributed by atoms with E-state index in [0.29, 0.717) is 27.0 Å². The quantitative estimate of drug-likeness (QED) is 0.356. The Morgan fingerprint density at radius 2 is 2.00 bits per heavy atom. The van der Waals surface area contributed by atoms with Gasteiger partial charge in [-0.05, 0) is 25.1 Å². The molecule has 1 N–H and O–H groups in total. The van der Waals surface area contributed by atoms with Crippen molar-refractivity contribution in [1.82, 2.24) is 29.8 Å². The Labute approximate surface area is 167 Å². The van der Waals surface area contributed by atoms with Crippen LogP contribution in [0.15, 0.2) is 55.0 Å². The molecule has 5 aromatic rings. The van der Waals surface area contributed by atoms with Gasteiger partial charge in [0.2, 0.25) is 0 Å². The predicted octanol–water partition coefficient (Wildman–Crippen LogP) is 4.13. The zero-order chi connectivity index (χ0) is 20.0. The standard InChI is InChI=1S/C19H13N7O2S/c1-11-15(14-8-4-5-9-25(14)24-11)19-22-16(17(29-19)18-20-10-21-23-18)12-6-2-3-7-13(12)26(27)28/h2-10H,1H3,(H,20,21,23). The van der Waals surface area contributed by atoms with Crippen LogP contribution in [0.3, 0.4) is 0 Å². The van der Waals surface area contributed by atoms with Crippen molar-refractivity contribution in [3.05, 3.63) is 70.8 Å². The van der Waals surface area contributed by atoms with Gasteiger partial charge in [-0.3, -0.25) is 15.2 Å². The van der Waals surface area contributed by atoms with Crippen LogP contribution in [0.1, 0.15) is 5.69 Å². The molecule has 0 unspecified atom stereocenters. The molecule has 0 saturated heterocycles. The first-order valence-corrected chi connectivity index (χ1v) is 9.50. The smallest absolute Gasteiger partial charge is 0.265 e. The molecule has 142 valence electrons. The molecular weight excluding hydrogens is 390 g/mol. The molecule has 4 heterocycles. The summed E-state index contributed by atoms with van der Waals surface area (Å²) < 4.78 is 1.79. The highest BCUT2D eigenvalue weighted by Gasteiger charge is 2.26. The average molecular weight is 403 g/mol. The van der Waals surface area contributed by atoms with Crippen LogP contribution in [-0.4, -0.2) is 34.7 Å². The number of aromatic amines is 1. The molecule has 0 spiro atoms. The van der Waals surface area contributed by atoms with Crippen molar-refractivity contribution in [1.29, 1.82) is 0 Å². The van der Waals surface area contributed by atoms with E-state index in [4.69, 9.17) is 4.98 Å². The Kier molecular flexibility index (Phi) is 3.91. The number of nitro benzene ring substituents is 1. The van der Waals surface area contributed by atoms with Crippen LogP contribution >= 0.6 is 11.3 Å². The van der Waals surface area contributed by atoms with E-state index in [-0.39, 0.29) is 5.69 Å². The zero-order valence-corrected chi connectivity index (χ0v) is 15.9. The molecule has 0 aliphatic rings. The molecule has 29 heavy (non-hydrogen) atoms. The van der Waals surface area contributed by atoms with E-state index in [1.807, 2.05) is 31.3 Å². The Morgan fingerprint density at radius 1 is 1.17 bits per heavy atom. The molecule has 5 rings (SSSR count). The summed E-state index contributed by atoms with van der Waals surface area (Å²) in [5.41, 5.74) is 3.51. The molecule has 0 radical (unpaired) electrons. The number of hydrogen-bond donors (Lipinski definition) is 1. The van der Waals surface area contributed by atoms with E-state index in [0.717, 1.165) is 16.8 Å². The molecule has 10 heteroatoms. The predicted molar refractivity (Wildman–Crippen MR) is 109 cm³/mol. The molecule has 9 nitrogen and oxygen atoms in total. The van der Waals surface area contributed by atoms with Crippen LogP contribution in [0, 0.1) is 17.0 Å². The van der Waals surface area contributed by atoms with E-state index in [1.54, 1.807) is 22.7 Å². The molecule has 0 atom stereocenters. The number of H-pyrrole nitrogens is 1. The molecule has 0 fully saturated rings. The fourth-order valence-electron chi connectivity index (χ4n) is 3.29. The highest BCUT2D eigenvalue weighted by atomic mass is 32.1. The molecule has 0 amide bonds. The first-order valence-electron chi connectivity index (χ1n) is 8.68. The number of nitrogens with one attached hydrogen (secondary N) is 1. The van der Waals surface area contributed by atoms with Crippen molar-refractivity contribution in [2.75, 3.05) is 0 Å². The van der Waals surface area contributed by atoms with E-state index in [9.17, 15) is 10.1 Å². The van der Waals surface area contributed by atoms with Crippen LogP contribution in [0.4, 0.5) is 5.69 Å². The fourth-order valence-corrected chi connectivity index (χ4v) is 4.42. The third kappa shape index (κ3) is 2.77. The van der Waals surface area contributed by atoms with Gasteiger partial charge in [-0.1, -0.05) is 18.2 Å². The van der Waals surface area contributed by atoms with E-state index < -0.39 is 4.92 Å². The summed E-state index contributed by atoms with van der Waals surface area (Å²) in [6, 6.07) is 12.4. The van der Waals surface area contributed by atoms with Gasteiger partial charge in [-0.2, -0.15) is 10.2 Å². The molecule has 1 aromatic carbocycles. The highest BCUT2D eigenvalue weighted by molar-refractivity contribution is 7.19. The monoisotopic (exact) mass is 403 g/mol. The third-order valence-electron chi connectivity index (χ3n) is 4.53. The molecule has 4 aromatic heterocycles. The molecule has 0 saturated carbocycles. The van der Waals surface area contributed by atoms with Crippen LogP contribution in [0.25, 0.3) is 38.0 Å². The lowest BCUT2D eigenvalue weighted by atomic mass is 10.1. The summed E-state index contributed by atoms with van der Waals surface area (Å²) in [6.45, 7) is 1.92. The zero-order valence-electron chi connectivity index (χ0n) is 15.1. The van der Waals surface area contributed by atoms with Gasteiger partial charge < -0.3 is 0 Å². The molecule has 0 bridgehead atoms. The summed E-state index contributed by atoms with van der Waals surface area (Å²) in [6.07, 6.45) is 3.34. The van der Waals surface area contributed by atoms with Gasteiger partial charge in [0.15, 0.2) is 5.82 Å². The molecule has 0 aliphatic heterocycles. The first kappa shape index (κ1) is 17.2. The summed E-state index contributed by atoms with van der Waals surface area (Å²) >= 11 is 1.39. The summed E-state index contributed by atoms with van der Waals surface area (Å²) in [4.78, 5) is 20.9. The Morgan fingerprint density at radius 3 is 2.79 bits per heavy atom. The second-order valence-electron chi connectivity index (χ2n) is 6.28. The fraction of sp³-hybridized carbons (Fsp3) is 0.0526. The minimum Gasteiger partial charge on any atom is -0.265 e. The van der Waals surface area contributed by atoms with Crippen molar-refractivity contribution in [3.8, 4) is 32.5 Å². The van der Waals surface area contributed by atoms with Crippen LogP contribution in [-0.2, 0) is 0 Å². The number of aryl methyl sites for hydroxylation is 1. The van der Waals surface area contributed by atoms with Crippen molar-refractivity contribution in [2.24, 2.45) is 0 Å². The van der Waals surface area contributed by atoms with Gasteiger partial charge in [-0.25, -0.2) is 14.5 Å². The minimum absolute atomic E-state index is 0.0160. The van der Waals surface area contributed by atoms with E-state index >= 15 is 0 Å². The normalized spacial score (nSPS) is 11.2.